The lowest BCUT2D eigenvalue weighted by Gasteiger charge is -2.18. The Hall–Kier alpha value is -2.93. The first-order chi connectivity index (χ1) is 11.8. The Morgan fingerprint density at radius 1 is 1.20 bits per heavy atom. The first-order valence-corrected chi connectivity index (χ1v) is 7.58. The van der Waals surface area contributed by atoms with Gasteiger partial charge in [-0.3, -0.25) is 14.9 Å². The molecular weight excluding hydrogens is 348 g/mol. The van der Waals surface area contributed by atoms with Crippen molar-refractivity contribution in [3.63, 3.8) is 0 Å². The lowest BCUT2D eigenvalue weighted by Crippen LogP contribution is -2.26. The second-order valence-corrected chi connectivity index (χ2v) is 5.68. The Morgan fingerprint density at radius 3 is 2.44 bits per heavy atom. The summed E-state index contributed by atoms with van der Waals surface area (Å²) in [6.45, 7) is 0.217. The summed E-state index contributed by atoms with van der Waals surface area (Å²) in [6, 6.07) is 10.5. The zero-order chi connectivity index (χ0) is 18.6. The van der Waals surface area contributed by atoms with Crippen molar-refractivity contribution in [3.05, 3.63) is 74.3 Å². The minimum atomic E-state index is -0.758. The molecule has 130 valence electrons. The number of esters is 1. The van der Waals surface area contributed by atoms with Crippen LogP contribution in [0, 0.1) is 10.1 Å². The zero-order valence-electron chi connectivity index (χ0n) is 13.6. The summed E-state index contributed by atoms with van der Waals surface area (Å²) in [6.07, 6.45) is 0. The summed E-state index contributed by atoms with van der Waals surface area (Å²) in [4.78, 5) is 36.0. The molecule has 0 aliphatic heterocycles. The molecular formula is C17H15ClN2O5. The van der Waals surface area contributed by atoms with Crippen LogP contribution in [0.4, 0.5) is 5.69 Å². The van der Waals surface area contributed by atoms with Crippen molar-refractivity contribution >= 4 is 29.2 Å². The van der Waals surface area contributed by atoms with E-state index in [0.717, 1.165) is 24.8 Å². The van der Waals surface area contributed by atoms with E-state index in [2.05, 4.69) is 4.74 Å². The SMILES string of the molecule is COC(=O)c1cc(C(=O)N(C)Cc2ccccc2Cl)cc([N+](=O)[O-])c1. The Balaban J connectivity index is 2.34. The normalized spacial score (nSPS) is 10.2. The number of hydrogen-bond donors (Lipinski definition) is 0. The number of non-ortho nitro benzene ring substituents is 1. The van der Waals surface area contributed by atoms with Crippen LogP contribution in [0.5, 0.6) is 0 Å². The molecule has 0 saturated carbocycles. The van der Waals surface area contributed by atoms with E-state index in [9.17, 15) is 19.7 Å². The summed E-state index contributed by atoms with van der Waals surface area (Å²) in [7, 11) is 2.70. The van der Waals surface area contributed by atoms with Gasteiger partial charge >= 0.3 is 5.97 Å². The molecule has 0 aliphatic carbocycles. The van der Waals surface area contributed by atoms with Crippen molar-refractivity contribution in [3.8, 4) is 0 Å². The maximum Gasteiger partial charge on any atom is 0.338 e. The first kappa shape index (κ1) is 18.4. The fourth-order valence-corrected chi connectivity index (χ4v) is 2.45. The molecule has 0 N–H and O–H groups in total. The van der Waals surface area contributed by atoms with E-state index < -0.39 is 16.8 Å². The summed E-state index contributed by atoms with van der Waals surface area (Å²) >= 11 is 6.08. The molecule has 0 fully saturated rings. The molecule has 8 heteroatoms. The van der Waals surface area contributed by atoms with Crippen LogP contribution >= 0.6 is 11.6 Å². The number of hydrogen-bond acceptors (Lipinski definition) is 5. The Morgan fingerprint density at radius 2 is 1.84 bits per heavy atom. The predicted molar refractivity (Wildman–Crippen MR) is 91.7 cm³/mol. The number of nitro groups is 1. The van der Waals surface area contributed by atoms with Gasteiger partial charge in [0.05, 0.1) is 17.6 Å². The van der Waals surface area contributed by atoms with Crippen LogP contribution in [0.3, 0.4) is 0 Å². The maximum atomic E-state index is 12.6. The summed E-state index contributed by atoms with van der Waals surface area (Å²) in [5.41, 5.74) is 0.325. The fraction of sp³-hybridized carbons (Fsp3) is 0.176. The largest absolute Gasteiger partial charge is 0.465 e. The minimum absolute atomic E-state index is 0.0177. The first-order valence-electron chi connectivity index (χ1n) is 7.20. The van der Waals surface area contributed by atoms with Crippen LogP contribution in [0.15, 0.2) is 42.5 Å². The topological polar surface area (TPSA) is 89.8 Å². The van der Waals surface area contributed by atoms with Gasteiger partial charge in [-0.05, 0) is 17.7 Å². The molecule has 1 amide bonds. The molecule has 2 aromatic rings. The van der Waals surface area contributed by atoms with Crippen molar-refractivity contribution in [1.82, 2.24) is 4.90 Å². The number of benzene rings is 2. The smallest absolute Gasteiger partial charge is 0.338 e. The number of nitrogens with zero attached hydrogens (tertiary/aromatic N) is 2. The monoisotopic (exact) mass is 362 g/mol. The second kappa shape index (κ2) is 7.76. The van der Waals surface area contributed by atoms with Gasteiger partial charge in [-0.15, -0.1) is 0 Å². The molecule has 0 aromatic heterocycles. The number of methoxy groups -OCH3 is 1. The van der Waals surface area contributed by atoms with E-state index in [-0.39, 0.29) is 23.4 Å². The lowest BCUT2D eigenvalue weighted by atomic mass is 10.1. The Labute approximate surface area is 148 Å². The Kier molecular flexibility index (Phi) is 5.71. The maximum absolute atomic E-state index is 12.6. The van der Waals surface area contributed by atoms with E-state index in [1.54, 1.807) is 31.3 Å². The van der Waals surface area contributed by atoms with Crippen molar-refractivity contribution in [2.45, 2.75) is 6.54 Å². The summed E-state index contributed by atoms with van der Waals surface area (Å²) in [5, 5.41) is 11.6. The highest BCUT2D eigenvalue weighted by molar-refractivity contribution is 6.31. The standard InChI is InChI=1S/C17H15ClN2O5/c1-19(10-11-5-3-4-6-15(11)18)16(21)12-7-13(17(22)25-2)9-14(8-12)20(23)24/h3-9H,10H2,1-2H3. The van der Waals surface area contributed by atoms with Crippen molar-refractivity contribution in [2.75, 3.05) is 14.2 Å². The molecule has 0 heterocycles. The molecule has 0 aliphatic rings. The highest BCUT2D eigenvalue weighted by Crippen LogP contribution is 2.21. The van der Waals surface area contributed by atoms with Crippen molar-refractivity contribution in [1.29, 1.82) is 0 Å². The third kappa shape index (κ3) is 4.33. The van der Waals surface area contributed by atoms with E-state index in [1.807, 2.05) is 0 Å². The number of nitro benzene ring substituents is 1. The van der Waals surface area contributed by atoms with E-state index in [1.165, 1.54) is 11.0 Å². The molecule has 0 unspecified atom stereocenters. The van der Waals surface area contributed by atoms with Gasteiger partial charge in [0.25, 0.3) is 11.6 Å². The summed E-state index contributed by atoms with van der Waals surface area (Å²) in [5.74, 6) is -1.24. The van der Waals surface area contributed by atoms with Gasteiger partial charge in [0, 0.05) is 36.3 Å². The molecule has 7 nitrogen and oxygen atoms in total. The molecule has 2 aromatic carbocycles. The molecule has 2 rings (SSSR count). The van der Waals surface area contributed by atoms with Gasteiger partial charge < -0.3 is 9.64 Å². The molecule has 0 saturated heterocycles. The third-order valence-corrected chi connectivity index (χ3v) is 3.88. The van der Waals surface area contributed by atoms with E-state index in [0.29, 0.717) is 5.02 Å². The van der Waals surface area contributed by atoms with Gasteiger partial charge in [0.2, 0.25) is 0 Å². The van der Waals surface area contributed by atoms with Gasteiger partial charge in [-0.2, -0.15) is 0 Å². The molecule has 0 radical (unpaired) electrons. The average Bonchev–Trinajstić information content (AvgIpc) is 2.61. The molecule has 25 heavy (non-hydrogen) atoms. The van der Waals surface area contributed by atoms with Gasteiger partial charge in [-0.25, -0.2) is 4.79 Å². The van der Waals surface area contributed by atoms with Crippen molar-refractivity contribution in [2.24, 2.45) is 0 Å². The number of ether oxygens (including phenoxy) is 1. The molecule has 0 spiro atoms. The number of amides is 1. The Bertz CT molecular complexity index is 838. The third-order valence-electron chi connectivity index (χ3n) is 3.51. The number of rotatable bonds is 5. The van der Waals surface area contributed by atoms with E-state index in [4.69, 9.17) is 11.6 Å². The molecule has 0 atom stereocenters. The predicted octanol–water partition coefficient (Wildman–Crippen LogP) is 3.31. The minimum Gasteiger partial charge on any atom is -0.465 e. The average molecular weight is 363 g/mol. The highest BCUT2D eigenvalue weighted by Gasteiger charge is 2.20. The fourth-order valence-electron chi connectivity index (χ4n) is 2.25. The number of carbonyl (C=O) groups is 2. The van der Waals surface area contributed by atoms with Crippen LogP contribution in [0.2, 0.25) is 5.02 Å². The van der Waals surface area contributed by atoms with Crippen LogP contribution < -0.4 is 0 Å². The van der Waals surface area contributed by atoms with Crippen LogP contribution in [-0.4, -0.2) is 35.9 Å². The van der Waals surface area contributed by atoms with Gasteiger partial charge in [0.15, 0.2) is 0 Å². The van der Waals surface area contributed by atoms with Crippen LogP contribution in [0.25, 0.3) is 0 Å². The van der Waals surface area contributed by atoms with E-state index >= 15 is 0 Å². The zero-order valence-corrected chi connectivity index (χ0v) is 14.3. The van der Waals surface area contributed by atoms with Gasteiger partial charge in [-0.1, -0.05) is 29.8 Å². The van der Waals surface area contributed by atoms with Crippen LogP contribution in [-0.2, 0) is 11.3 Å². The quantitative estimate of drug-likeness (QED) is 0.462. The number of halogens is 1. The van der Waals surface area contributed by atoms with Crippen LogP contribution in [0.1, 0.15) is 26.3 Å². The summed E-state index contributed by atoms with van der Waals surface area (Å²) < 4.78 is 4.57. The number of carbonyl (C=O) groups excluding carboxylic acids is 2. The lowest BCUT2D eigenvalue weighted by molar-refractivity contribution is -0.384. The van der Waals surface area contributed by atoms with Crippen molar-refractivity contribution < 1.29 is 19.2 Å². The molecule has 0 bridgehead atoms. The van der Waals surface area contributed by atoms with Gasteiger partial charge in [0.1, 0.15) is 0 Å². The highest BCUT2D eigenvalue weighted by atomic mass is 35.5. The second-order valence-electron chi connectivity index (χ2n) is 5.27.